The number of pyridine rings is 1. The number of carbonyl (C=O) groups is 1. The van der Waals surface area contributed by atoms with E-state index in [4.69, 9.17) is 5.11 Å². The molecule has 0 bridgehead atoms. The smallest absolute Gasteiger partial charge is 0.309 e. The van der Waals surface area contributed by atoms with Crippen LogP contribution in [-0.4, -0.2) is 25.6 Å². The number of aromatic nitrogens is 3. The largest absolute Gasteiger partial charge is 0.481 e. The van der Waals surface area contributed by atoms with Gasteiger partial charge in [-0.05, 0) is 19.1 Å². The summed E-state index contributed by atoms with van der Waals surface area (Å²) in [6.45, 7) is 2.36. The van der Waals surface area contributed by atoms with Gasteiger partial charge in [-0.25, -0.2) is 4.98 Å². The normalized spacial score (nSPS) is 10.4. The van der Waals surface area contributed by atoms with Crippen molar-refractivity contribution >= 4 is 5.97 Å². The first kappa shape index (κ1) is 11.3. The van der Waals surface area contributed by atoms with Gasteiger partial charge in [0.2, 0.25) is 0 Å². The highest BCUT2D eigenvalue weighted by Gasteiger charge is 2.11. The first-order chi connectivity index (χ1) is 8.16. The Labute approximate surface area is 98.8 Å². The highest BCUT2D eigenvalue weighted by molar-refractivity contribution is 5.69. The Balaban J connectivity index is 2.24. The number of aryl methyl sites for hydroxylation is 1. The second kappa shape index (κ2) is 4.78. The Bertz CT molecular complexity index is 520. The fraction of sp³-hybridized carbons (Fsp3) is 0.250. The van der Waals surface area contributed by atoms with Crippen LogP contribution in [0.25, 0.3) is 0 Å². The van der Waals surface area contributed by atoms with E-state index < -0.39 is 5.97 Å². The van der Waals surface area contributed by atoms with Gasteiger partial charge in [0.05, 0.1) is 36.4 Å². The lowest BCUT2D eigenvalue weighted by molar-refractivity contribution is -0.136. The van der Waals surface area contributed by atoms with Crippen molar-refractivity contribution in [3.8, 4) is 0 Å². The molecule has 0 saturated heterocycles. The standard InChI is InChI=1S/C12H13N3O2/c1-9-11(6-12(16)17)15(8-14-9)7-10-4-2-3-5-13-10/h2-5,8H,6-7H2,1H3,(H,16,17). The minimum absolute atomic E-state index is 0.0152. The third-order valence-electron chi connectivity index (χ3n) is 2.53. The third kappa shape index (κ3) is 2.69. The van der Waals surface area contributed by atoms with Crippen LogP contribution in [0.1, 0.15) is 17.1 Å². The SMILES string of the molecule is Cc1ncn(Cc2ccccn2)c1CC(=O)O. The van der Waals surface area contributed by atoms with Gasteiger partial charge >= 0.3 is 5.97 Å². The predicted molar refractivity (Wildman–Crippen MR) is 61.6 cm³/mol. The van der Waals surface area contributed by atoms with E-state index in [1.807, 2.05) is 29.7 Å². The molecule has 0 atom stereocenters. The van der Waals surface area contributed by atoms with Crippen LogP contribution in [0, 0.1) is 6.92 Å². The first-order valence-corrected chi connectivity index (χ1v) is 5.29. The van der Waals surface area contributed by atoms with Crippen molar-refractivity contribution in [1.29, 1.82) is 0 Å². The van der Waals surface area contributed by atoms with Crippen LogP contribution in [-0.2, 0) is 17.8 Å². The molecule has 5 heteroatoms. The molecular formula is C12H13N3O2. The van der Waals surface area contributed by atoms with E-state index in [9.17, 15) is 4.79 Å². The Morgan fingerprint density at radius 2 is 2.24 bits per heavy atom. The average Bonchev–Trinajstić information content (AvgIpc) is 2.62. The van der Waals surface area contributed by atoms with E-state index in [0.29, 0.717) is 6.54 Å². The maximum atomic E-state index is 10.8. The van der Waals surface area contributed by atoms with Crippen molar-refractivity contribution in [3.05, 3.63) is 47.8 Å². The van der Waals surface area contributed by atoms with Crippen LogP contribution < -0.4 is 0 Å². The van der Waals surface area contributed by atoms with Crippen molar-refractivity contribution in [3.63, 3.8) is 0 Å². The lowest BCUT2D eigenvalue weighted by Crippen LogP contribution is -2.10. The van der Waals surface area contributed by atoms with Gasteiger partial charge in [0.15, 0.2) is 0 Å². The summed E-state index contributed by atoms with van der Waals surface area (Å²) < 4.78 is 1.83. The zero-order valence-electron chi connectivity index (χ0n) is 9.50. The minimum Gasteiger partial charge on any atom is -0.481 e. The van der Waals surface area contributed by atoms with Gasteiger partial charge in [-0.1, -0.05) is 6.07 Å². The summed E-state index contributed by atoms with van der Waals surface area (Å²) in [5.41, 5.74) is 2.36. The average molecular weight is 231 g/mol. The molecule has 0 radical (unpaired) electrons. The van der Waals surface area contributed by atoms with E-state index in [-0.39, 0.29) is 6.42 Å². The van der Waals surface area contributed by atoms with Crippen LogP contribution in [0.2, 0.25) is 0 Å². The highest BCUT2D eigenvalue weighted by Crippen LogP contribution is 2.09. The number of rotatable bonds is 4. The second-order valence-electron chi connectivity index (χ2n) is 3.80. The number of carboxylic acids is 1. The topological polar surface area (TPSA) is 68.0 Å². The molecule has 0 unspecified atom stereocenters. The highest BCUT2D eigenvalue weighted by atomic mass is 16.4. The number of hydrogen-bond donors (Lipinski definition) is 1. The summed E-state index contributed by atoms with van der Waals surface area (Å²) in [7, 11) is 0. The molecule has 0 aromatic carbocycles. The quantitative estimate of drug-likeness (QED) is 0.860. The van der Waals surface area contributed by atoms with E-state index in [1.165, 1.54) is 0 Å². The monoisotopic (exact) mass is 231 g/mol. The number of carboxylic acid groups (broad SMARTS) is 1. The summed E-state index contributed by atoms with van der Waals surface area (Å²) in [4.78, 5) is 19.1. The molecule has 0 aliphatic carbocycles. The number of imidazole rings is 1. The van der Waals surface area contributed by atoms with Crippen LogP contribution >= 0.6 is 0 Å². The van der Waals surface area contributed by atoms with Crippen LogP contribution in [0.3, 0.4) is 0 Å². The summed E-state index contributed by atoms with van der Waals surface area (Å²) in [5, 5.41) is 8.84. The van der Waals surface area contributed by atoms with Crippen LogP contribution in [0.5, 0.6) is 0 Å². The van der Waals surface area contributed by atoms with Gasteiger partial charge < -0.3 is 9.67 Å². The molecule has 0 amide bonds. The fourth-order valence-electron chi connectivity index (χ4n) is 1.68. The molecule has 17 heavy (non-hydrogen) atoms. The Hall–Kier alpha value is -2.17. The van der Waals surface area contributed by atoms with Gasteiger partial charge in [0.1, 0.15) is 0 Å². The van der Waals surface area contributed by atoms with Crippen molar-refractivity contribution < 1.29 is 9.90 Å². The molecule has 5 nitrogen and oxygen atoms in total. The minimum atomic E-state index is -0.851. The molecule has 2 heterocycles. The van der Waals surface area contributed by atoms with Gasteiger partial charge in [0, 0.05) is 6.20 Å². The Kier molecular flexibility index (Phi) is 3.18. The second-order valence-corrected chi connectivity index (χ2v) is 3.80. The summed E-state index contributed by atoms with van der Waals surface area (Å²) >= 11 is 0. The zero-order valence-corrected chi connectivity index (χ0v) is 9.50. The molecule has 0 saturated carbocycles. The molecule has 1 N–H and O–H groups in total. The molecule has 0 aliphatic heterocycles. The van der Waals surface area contributed by atoms with E-state index in [1.54, 1.807) is 12.5 Å². The van der Waals surface area contributed by atoms with Gasteiger partial charge in [0.25, 0.3) is 0 Å². The maximum Gasteiger partial charge on any atom is 0.309 e. The molecular weight excluding hydrogens is 218 g/mol. The molecule has 88 valence electrons. The van der Waals surface area contributed by atoms with Gasteiger partial charge in [-0.15, -0.1) is 0 Å². The summed E-state index contributed by atoms with van der Waals surface area (Å²) in [5.74, 6) is -0.851. The molecule has 2 aromatic rings. The lowest BCUT2D eigenvalue weighted by Gasteiger charge is -2.06. The summed E-state index contributed by atoms with van der Waals surface area (Å²) in [6, 6.07) is 5.66. The third-order valence-corrected chi connectivity index (χ3v) is 2.53. The molecule has 0 fully saturated rings. The van der Waals surface area contributed by atoms with Crippen molar-refractivity contribution in [1.82, 2.24) is 14.5 Å². The van der Waals surface area contributed by atoms with Crippen LogP contribution in [0.15, 0.2) is 30.7 Å². The molecule has 2 aromatic heterocycles. The Morgan fingerprint density at radius 1 is 1.41 bits per heavy atom. The number of aliphatic carboxylic acids is 1. The van der Waals surface area contributed by atoms with Gasteiger partial charge in [-0.2, -0.15) is 0 Å². The van der Waals surface area contributed by atoms with Crippen molar-refractivity contribution in [2.75, 3.05) is 0 Å². The maximum absolute atomic E-state index is 10.8. The lowest BCUT2D eigenvalue weighted by atomic mass is 10.2. The summed E-state index contributed by atoms with van der Waals surface area (Å²) in [6.07, 6.45) is 3.36. The molecule has 0 spiro atoms. The zero-order chi connectivity index (χ0) is 12.3. The van der Waals surface area contributed by atoms with E-state index in [2.05, 4.69) is 9.97 Å². The Morgan fingerprint density at radius 3 is 2.88 bits per heavy atom. The van der Waals surface area contributed by atoms with Crippen LogP contribution in [0.4, 0.5) is 0 Å². The molecule has 0 aliphatic rings. The van der Waals surface area contributed by atoms with Gasteiger partial charge in [-0.3, -0.25) is 9.78 Å². The number of hydrogen-bond acceptors (Lipinski definition) is 3. The van der Waals surface area contributed by atoms with Crippen molar-refractivity contribution in [2.24, 2.45) is 0 Å². The fourth-order valence-corrected chi connectivity index (χ4v) is 1.68. The van der Waals surface area contributed by atoms with E-state index >= 15 is 0 Å². The van der Waals surface area contributed by atoms with Crippen molar-refractivity contribution in [2.45, 2.75) is 19.9 Å². The predicted octanol–water partition coefficient (Wildman–Crippen LogP) is 1.26. The van der Waals surface area contributed by atoms with E-state index in [0.717, 1.165) is 17.1 Å². The first-order valence-electron chi connectivity index (χ1n) is 5.29. The number of nitrogens with zero attached hydrogens (tertiary/aromatic N) is 3. The molecule has 2 rings (SSSR count).